The van der Waals surface area contributed by atoms with Crippen LogP contribution < -0.4 is 10.1 Å². The van der Waals surface area contributed by atoms with Crippen LogP contribution in [0.15, 0.2) is 71.1 Å². The van der Waals surface area contributed by atoms with Crippen LogP contribution in [0.25, 0.3) is 0 Å². The SMILES string of the molecule is Cc1ccc(C(C)NC(=O)c2ccc(COc3ccccc3)cc2)o1. The fourth-order valence-electron chi connectivity index (χ4n) is 2.47. The molecule has 1 unspecified atom stereocenters. The minimum atomic E-state index is -0.178. The summed E-state index contributed by atoms with van der Waals surface area (Å²) in [5, 5.41) is 2.94. The van der Waals surface area contributed by atoms with Crippen LogP contribution in [0.1, 0.15) is 40.4 Å². The van der Waals surface area contributed by atoms with Crippen LogP contribution in [0.3, 0.4) is 0 Å². The molecule has 1 aromatic heterocycles. The summed E-state index contributed by atoms with van der Waals surface area (Å²) in [6.07, 6.45) is 0. The molecule has 1 N–H and O–H groups in total. The van der Waals surface area contributed by atoms with Crippen LogP contribution in [0, 0.1) is 6.92 Å². The van der Waals surface area contributed by atoms with E-state index in [1.165, 1.54) is 0 Å². The van der Waals surface area contributed by atoms with E-state index in [0.29, 0.717) is 12.2 Å². The Labute approximate surface area is 147 Å². The number of hydrogen-bond acceptors (Lipinski definition) is 3. The molecule has 1 amide bonds. The average Bonchev–Trinajstić information content (AvgIpc) is 3.08. The van der Waals surface area contributed by atoms with E-state index in [0.717, 1.165) is 22.8 Å². The predicted octanol–water partition coefficient (Wildman–Crippen LogP) is 4.66. The topological polar surface area (TPSA) is 51.5 Å². The summed E-state index contributed by atoms with van der Waals surface area (Å²) in [6, 6.07) is 20.7. The lowest BCUT2D eigenvalue weighted by molar-refractivity contribution is 0.0935. The zero-order chi connectivity index (χ0) is 17.6. The van der Waals surface area contributed by atoms with Crippen LogP contribution in [0.5, 0.6) is 5.75 Å². The third kappa shape index (κ3) is 4.51. The maximum absolute atomic E-state index is 12.3. The molecule has 4 nitrogen and oxygen atoms in total. The van der Waals surface area contributed by atoms with E-state index in [1.807, 2.05) is 68.4 Å². The van der Waals surface area contributed by atoms with Crippen molar-refractivity contribution in [1.82, 2.24) is 5.32 Å². The van der Waals surface area contributed by atoms with Crippen molar-refractivity contribution in [2.24, 2.45) is 0 Å². The fraction of sp³-hybridized carbons (Fsp3) is 0.190. The van der Waals surface area contributed by atoms with Crippen LogP contribution in [0.4, 0.5) is 0 Å². The van der Waals surface area contributed by atoms with E-state index in [4.69, 9.17) is 9.15 Å². The molecule has 25 heavy (non-hydrogen) atoms. The zero-order valence-electron chi connectivity index (χ0n) is 14.4. The number of amides is 1. The number of nitrogens with one attached hydrogen (secondary N) is 1. The monoisotopic (exact) mass is 335 g/mol. The highest BCUT2D eigenvalue weighted by molar-refractivity contribution is 5.94. The molecule has 3 aromatic rings. The van der Waals surface area contributed by atoms with E-state index in [9.17, 15) is 4.79 Å². The van der Waals surface area contributed by atoms with Gasteiger partial charge in [0.05, 0.1) is 6.04 Å². The first-order chi connectivity index (χ1) is 12.1. The van der Waals surface area contributed by atoms with Gasteiger partial charge in [-0.2, -0.15) is 0 Å². The molecule has 0 saturated carbocycles. The smallest absolute Gasteiger partial charge is 0.251 e. The molecule has 3 rings (SSSR count). The van der Waals surface area contributed by atoms with Crippen molar-refractivity contribution >= 4 is 5.91 Å². The van der Waals surface area contributed by atoms with Gasteiger partial charge in [-0.1, -0.05) is 30.3 Å². The van der Waals surface area contributed by atoms with Gasteiger partial charge in [0.25, 0.3) is 5.91 Å². The van der Waals surface area contributed by atoms with Gasteiger partial charge in [0.15, 0.2) is 0 Å². The van der Waals surface area contributed by atoms with Gasteiger partial charge in [-0.25, -0.2) is 0 Å². The number of para-hydroxylation sites is 1. The number of carbonyl (C=O) groups excluding carboxylic acids is 1. The molecule has 0 fully saturated rings. The molecule has 0 radical (unpaired) electrons. The second kappa shape index (κ2) is 7.71. The number of hydrogen-bond donors (Lipinski definition) is 1. The van der Waals surface area contributed by atoms with E-state index in [2.05, 4.69) is 5.32 Å². The van der Waals surface area contributed by atoms with Crippen LogP contribution in [0.2, 0.25) is 0 Å². The molecular formula is C21H21NO3. The van der Waals surface area contributed by atoms with E-state index in [-0.39, 0.29) is 11.9 Å². The third-order valence-electron chi connectivity index (χ3n) is 3.90. The Bertz CT molecular complexity index is 822. The Morgan fingerprint density at radius 1 is 1.04 bits per heavy atom. The zero-order valence-corrected chi connectivity index (χ0v) is 14.4. The first kappa shape index (κ1) is 16.8. The number of carbonyl (C=O) groups is 1. The van der Waals surface area contributed by atoms with Gasteiger partial charge < -0.3 is 14.5 Å². The molecule has 128 valence electrons. The molecule has 0 aliphatic rings. The quantitative estimate of drug-likeness (QED) is 0.713. The lowest BCUT2D eigenvalue weighted by atomic mass is 10.1. The van der Waals surface area contributed by atoms with Crippen molar-refractivity contribution in [3.05, 3.63) is 89.4 Å². The highest BCUT2D eigenvalue weighted by Crippen LogP contribution is 2.17. The van der Waals surface area contributed by atoms with Gasteiger partial charge >= 0.3 is 0 Å². The van der Waals surface area contributed by atoms with Gasteiger partial charge in [-0.15, -0.1) is 0 Å². The van der Waals surface area contributed by atoms with Crippen LogP contribution in [-0.4, -0.2) is 5.91 Å². The van der Waals surface area contributed by atoms with Gasteiger partial charge in [-0.05, 0) is 55.8 Å². The Balaban J connectivity index is 1.57. The molecule has 4 heteroatoms. The number of aryl methyl sites for hydroxylation is 1. The molecule has 1 heterocycles. The predicted molar refractivity (Wildman–Crippen MR) is 96.5 cm³/mol. The van der Waals surface area contributed by atoms with E-state index < -0.39 is 0 Å². The maximum Gasteiger partial charge on any atom is 0.251 e. The second-order valence-electron chi connectivity index (χ2n) is 5.94. The lowest BCUT2D eigenvalue weighted by Crippen LogP contribution is -2.26. The highest BCUT2D eigenvalue weighted by atomic mass is 16.5. The molecular weight excluding hydrogens is 314 g/mol. The molecule has 0 aliphatic carbocycles. The largest absolute Gasteiger partial charge is 0.489 e. The van der Waals surface area contributed by atoms with Crippen molar-refractivity contribution in [2.45, 2.75) is 26.5 Å². The van der Waals surface area contributed by atoms with Crippen molar-refractivity contribution in [2.75, 3.05) is 0 Å². The summed E-state index contributed by atoms with van der Waals surface area (Å²) in [4.78, 5) is 12.3. The van der Waals surface area contributed by atoms with Crippen LogP contribution >= 0.6 is 0 Å². The fourth-order valence-corrected chi connectivity index (χ4v) is 2.47. The third-order valence-corrected chi connectivity index (χ3v) is 3.90. The van der Waals surface area contributed by atoms with Crippen molar-refractivity contribution in [1.29, 1.82) is 0 Å². The minimum Gasteiger partial charge on any atom is -0.489 e. The first-order valence-corrected chi connectivity index (χ1v) is 8.26. The Kier molecular flexibility index (Phi) is 5.19. The number of ether oxygens (including phenoxy) is 1. The second-order valence-corrected chi connectivity index (χ2v) is 5.94. The Morgan fingerprint density at radius 3 is 2.40 bits per heavy atom. The molecule has 2 aromatic carbocycles. The molecule has 0 bridgehead atoms. The number of furan rings is 1. The summed E-state index contributed by atoms with van der Waals surface area (Å²) in [5.41, 5.74) is 1.62. The van der Waals surface area contributed by atoms with Crippen molar-refractivity contribution < 1.29 is 13.9 Å². The summed E-state index contributed by atoms with van der Waals surface area (Å²) < 4.78 is 11.2. The molecule has 1 atom stereocenters. The number of benzene rings is 2. The first-order valence-electron chi connectivity index (χ1n) is 8.26. The lowest BCUT2D eigenvalue weighted by Gasteiger charge is -2.12. The minimum absolute atomic E-state index is 0.128. The van der Waals surface area contributed by atoms with Gasteiger partial charge in [-0.3, -0.25) is 4.79 Å². The van der Waals surface area contributed by atoms with Gasteiger partial charge in [0.1, 0.15) is 23.9 Å². The van der Waals surface area contributed by atoms with Crippen molar-refractivity contribution in [3.63, 3.8) is 0 Å². The Morgan fingerprint density at radius 2 is 1.76 bits per heavy atom. The molecule has 0 spiro atoms. The number of rotatable bonds is 6. The standard InChI is InChI=1S/C21H21NO3/c1-15-8-13-20(25-15)16(2)22-21(23)18-11-9-17(10-12-18)14-24-19-6-4-3-5-7-19/h3-13,16H,14H2,1-2H3,(H,22,23). The average molecular weight is 335 g/mol. The molecule has 0 aliphatic heterocycles. The van der Waals surface area contributed by atoms with E-state index >= 15 is 0 Å². The maximum atomic E-state index is 12.3. The normalized spacial score (nSPS) is 11.8. The summed E-state index contributed by atoms with van der Waals surface area (Å²) >= 11 is 0. The highest BCUT2D eigenvalue weighted by Gasteiger charge is 2.14. The van der Waals surface area contributed by atoms with Crippen molar-refractivity contribution in [3.8, 4) is 5.75 Å². The molecule has 0 saturated heterocycles. The van der Waals surface area contributed by atoms with Gasteiger partial charge in [0, 0.05) is 5.56 Å². The Hall–Kier alpha value is -3.01. The van der Waals surface area contributed by atoms with E-state index in [1.54, 1.807) is 12.1 Å². The van der Waals surface area contributed by atoms with Crippen LogP contribution in [-0.2, 0) is 6.61 Å². The van der Waals surface area contributed by atoms with Gasteiger partial charge in [0.2, 0.25) is 0 Å². The summed E-state index contributed by atoms with van der Waals surface area (Å²) in [6.45, 7) is 4.25. The summed E-state index contributed by atoms with van der Waals surface area (Å²) in [5.74, 6) is 2.28. The summed E-state index contributed by atoms with van der Waals surface area (Å²) in [7, 11) is 0.